The second-order valence-electron chi connectivity index (χ2n) is 7.56. The number of carbonyl (C=O) groups excluding carboxylic acids is 1. The number of carboxylic acids is 1. The molecule has 2 unspecified atom stereocenters. The summed E-state index contributed by atoms with van der Waals surface area (Å²) in [4.78, 5) is 24.8. The lowest BCUT2D eigenvalue weighted by Gasteiger charge is -2.44. The van der Waals surface area contributed by atoms with Crippen LogP contribution >= 0.6 is 0 Å². The van der Waals surface area contributed by atoms with Gasteiger partial charge in [-0.15, -0.1) is 0 Å². The molecule has 126 valence electrons. The molecule has 0 saturated heterocycles. The first-order chi connectivity index (χ1) is 10.6. The number of benzene rings is 1. The Kier molecular flexibility index (Phi) is 4.31. The van der Waals surface area contributed by atoms with Crippen molar-refractivity contribution in [2.45, 2.75) is 53.9 Å². The topological polar surface area (TPSA) is 66.4 Å². The number of aliphatic carboxylic acids is 1. The number of aryl methyl sites for hydroxylation is 1. The number of carbonyl (C=O) groups is 2. The van der Waals surface area contributed by atoms with E-state index in [1.54, 1.807) is 6.92 Å². The average molecular weight is 317 g/mol. The lowest BCUT2D eigenvalue weighted by Crippen LogP contribution is -2.50. The molecule has 1 aliphatic carbocycles. The number of rotatable bonds is 4. The molecule has 2 atom stereocenters. The van der Waals surface area contributed by atoms with Gasteiger partial charge in [-0.1, -0.05) is 45.9 Å². The van der Waals surface area contributed by atoms with E-state index in [2.05, 4.69) is 5.32 Å². The highest BCUT2D eigenvalue weighted by molar-refractivity contribution is 5.97. The molecule has 0 radical (unpaired) electrons. The number of hydrogen-bond acceptors (Lipinski definition) is 2. The van der Waals surface area contributed by atoms with Crippen molar-refractivity contribution < 1.29 is 14.7 Å². The van der Waals surface area contributed by atoms with Crippen molar-refractivity contribution in [2.24, 2.45) is 16.2 Å². The lowest BCUT2D eigenvalue weighted by molar-refractivity contribution is -0.157. The third kappa shape index (κ3) is 2.44. The Hall–Kier alpha value is -1.84. The van der Waals surface area contributed by atoms with Crippen LogP contribution in [0.5, 0.6) is 0 Å². The van der Waals surface area contributed by atoms with Crippen molar-refractivity contribution in [3.63, 3.8) is 0 Å². The third-order valence-electron chi connectivity index (χ3n) is 6.50. The second kappa shape index (κ2) is 5.66. The Morgan fingerprint density at radius 2 is 1.65 bits per heavy atom. The van der Waals surface area contributed by atoms with E-state index in [0.717, 1.165) is 17.7 Å². The fourth-order valence-electron chi connectivity index (χ4n) is 3.72. The molecule has 0 spiro atoms. The Morgan fingerprint density at radius 3 is 2.17 bits per heavy atom. The van der Waals surface area contributed by atoms with Crippen LogP contribution in [0.3, 0.4) is 0 Å². The summed E-state index contributed by atoms with van der Waals surface area (Å²) in [5.41, 5.74) is -0.358. The normalized spacial score (nSPS) is 29.3. The number of nitrogens with one attached hydrogen (secondary N) is 1. The van der Waals surface area contributed by atoms with Gasteiger partial charge in [-0.3, -0.25) is 9.59 Å². The largest absolute Gasteiger partial charge is 0.481 e. The zero-order valence-electron chi connectivity index (χ0n) is 14.7. The summed E-state index contributed by atoms with van der Waals surface area (Å²) in [6, 6.07) is 7.76. The molecule has 2 N–H and O–H groups in total. The number of amides is 1. The molecule has 1 aromatic rings. The SMILES string of the molecule is CCc1ccccc1NC(=O)C1(C)CCC(C)(C(=O)O)C1(C)C. The summed E-state index contributed by atoms with van der Waals surface area (Å²) in [7, 11) is 0. The number of para-hydroxylation sites is 1. The van der Waals surface area contributed by atoms with E-state index in [9.17, 15) is 14.7 Å². The van der Waals surface area contributed by atoms with E-state index in [1.165, 1.54) is 0 Å². The van der Waals surface area contributed by atoms with Gasteiger partial charge in [0.05, 0.1) is 10.8 Å². The minimum Gasteiger partial charge on any atom is -0.481 e. The van der Waals surface area contributed by atoms with Crippen LogP contribution in [-0.2, 0) is 16.0 Å². The fourth-order valence-corrected chi connectivity index (χ4v) is 3.72. The van der Waals surface area contributed by atoms with Gasteiger partial charge in [-0.25, -0.2) is 0 Å². The van der Waals surface area contributed by atoms with Crippen molar-refractivity contribution in [1.29, 1.82) is 0 Å². The summed E-state index contributed by atoms with van der Waals surface area (Å²) in [6.07, 6.45) is 1.92. The van der Waals surface area contributed by atoms with E-state index in [0.29, 0.717) is 12.8 Å². The lowest BCUT2D eigenvalue weighted by atomic mass is 9.59. The Bertz CT molecular complexity index is 637. The van der Waals surface area contributed by atoms with E-state index >= 15 is 0 Å². The smallest absolute Gasteiger partial charge is 0.309 e. The van der Waals surface area contributed by atoms with Crippen molar-refractivity contribution >= 4 is 17.6 Å². The molecule has 0 bridgehead atoms. The van der Waals surface area contributed by atoms with Crippen LogP contribution in [0.25, 0.3) is 0 Å². The number of hydrogen-bond donors (Lipinski definition) is 2. The van der Waals surface area contributed by atoms with Crippen LogP contribution in [0.4, 0.5) is 5.69 Å². The maximum Gasteiger partial charge on any atom is 0.309 e. The molecule has 0 aliphatic heterocycles. The number of carboxylic acid groups (broad SMARTS) is 1. The molecule has 1 aliphatic rings. The average Bonchev–Trinajstić information content (AvgIpc) is 2.70. The minimum atomic E-state index is -0.899. The molecular weight excluding hydrogens is 290 g/mol. The zero-order chi connectivity index (χ0) is 17.5. The van der Waals surface area contributed by atoms with Crippen LogP contribution < -0.4 is 5.32 Å². The summed E-state index contributed by atoms with van der Waals surface area (Å²) in [5, 5.41) is 12.7. The van der Waals surface area contributed by atoms with Gasteiger partial charge in [0.25, 0.3) is 0 Å². The first-order valence-corrected chi connectivity index (χ1v) is 8.23. The Morgan fingerprint density at radius 1 is 1.09 bits per heavy atom. The van der Waals surface area contributed by atoms with E-state index in [4.69, 9.17) is 0 Å². The van der Waals surface area contributed by atoms with Gasteiger partial charge in [-0.05, 0) is 43.2 Å². The molecule has 1 saturated carbocycles. The Labute approximate surface area is 138 Å². The summed E-state index contributed by atoms with van der Waals surface area (Å²) in [6.45, 7) is 9.51. The number of anilines is 1. The molecule has 23 heavy (non-hydrogen) atoms. The quantitative estimate of drug-likeness (QED) is 0.878. The van der Waals surface area contributed by atoms with E-state index in [-0.39, 0.29) is 5.91 Å². The zero-order valence-corrected chi connectivity index (χ0v) is 14.7. The van der Waals surface area contributed by atoms with Crippen LogP contribution in [0.15, 0.2) is 24.3 Å². The summed E-state index contributed by atoms with van der Waals surface area (Å²) in [5.74, 6) is -0.915. The van der Waals surface area contributed by atoms with Gasteiger partial charge in [0.1, 0.15) is 0 Å². The predicted molar refractivity (Wildman–Crippen MR) is 91.3 cm³/mol. The highest BCUT2D eigenvalue weighted by Crippen LogP contribution is 2.63. The Balaban J connectivity index is 2.34. The molecule has 1 aromatic carbocycles. The van der Waals surface area contributed by atoms with Crippen LogP contribution in [0, 0.1) is 16.2 Å². The van der Waals surface area contributed by atoms with Crippen molar-refractivity contribution in [2.75, 3.05) is 5.32 Å². The first-order valence-electron chi connectivity index (χ1n) is 8.23. The molecular formula is C19H27NO3. The summed E-state index contributed by atoms with van der Waals surface area (Å²) >= 11 is 0. The standard InChI is InChI=1S/C19H27NO3/c1-6-13-9-7-8-10-14(13)20-15(21)18(4)11-12-19(5,16(22)23)17(18,2)3/h7-10H,6,11-12H2,1-5H3,(H,20,21)(H,22,23). The van der Waals surface area contributed by atoms with Gasteiger partial charge < -0.3 is 10.4 Å². The molecule has 1 amide bonds. The maximum absolute atomic E-state index is 13.0. The molecule has 2 rings (SSSR count). The van der Waals surface area contributed by atoms with Crippen molar-refractivity contribution in [1.82, 2.24) is 0 Å². The van der Waals surface area contributed by atoms with Crippen LogP contribution in [0.2, 0.25) is 0 Å². The second-order valence-corrected chi connectivity index (χ2v) is 7.56. The van der Waals surface area contributed by atoms with Crippen molar-refractivity contribution in [3.8, 4) is 0 Å². The highest BCUT2D eigenvalue weighted by atomic mass is 16.4. The molecule has 1 fully saturated rings. The molecule has 4 heteroatoms. The fraction of sp³-hybridized carbons (Fsp3) is 0.579. The third-order valence-corrected chi connectivity index (χ3v) is 6.50. The first kappa shape index (κ1) is 17.5. The highest BCUT2D eigenvalue weighted by Gasteiger charge is 2.64. The van der Waals surface area contributed by atoms with Gasteiger partial charge in [0.15, 0.2) is 0 Å². The van der Waals surface area contributed by atoms with Gasteiger partial charge in [-0.2, -0.15) is 0 Å². The van der Waals surface area contributed by atoms with Gasteiger partial charge in [0.2, 0.25) is 5.91 Å². The van der Waals surface area contributed by atoms with Crippen LogP contribution in [0.1, 0.15) is 53.0 Å². The summed E-state index contributed by atoms with van der Waals surface area (Å²) < 4.78 is 0. The molecule has 0 heterocycles. The van der Waals surface area contributed by atoms with Gasteiger partial charge >= 0.3 is 5.97 Å². The minimum absolute atomic E-state index is 0.0895. The molecule has 4 nitrogen and oxygen atoms in total. The van der Waals surface area contributed by atoms with E-state index in [1.807, 2.05) is 52.0 Å². The van der Waals surface area contributed by atoms with Crippen LogP contribution in [-0.4, -0.2) is 17.0 Å². The van der Waals surface area contributed by atoms with Gasteiger partial charge in [0, 0.05) is 5.69 Å². The van der Waals surface area contributed by atoms with E-state index < -0.39 is 22.2 Å². The molecule has 0 aromatic heterocycles. The van der Waals surface area contributed by atoms with Crippen molar-refractivity contribution in [3.05, 3.63) is 29.8 Å². The predicted octanol–water partition coefficient (Wildman–Crippen LogP) is 4.10. The maximum atomic E-state index is 13.0. The monoisotopic (exact) mass is 317 g/mol.